The minimum Gasteiger partial charge on any atom is -0.491 e. The van der Waals surface area contributed by atoms with Gasteiger partial charge in [-0.05, 0) is 41.6 Å². The van der Waals surface area contributed by atoms with Gasteiger partial charge in [-0.25, -0.2) is 4.68 Å². The van der Waals surface area contributed by atoms with E-state index in [0.717, 1.165) is 0 Å². The van der Waals surface area contributed by atoms with Crippen LogP contribution >= 0.6 is 0 Å². The zero-order valence-corrected chi connectivity index (χ0v) is 13.6. The highest BCUT2D eigenvalue weighted by atomic mass is 16.5. The van der Waals surface area contributed by atoms with Gasteiger partial charge in [0.2, 0.25) is 5.82 Å². The molecule has 1 N–H and O–H groups in total. The molecular formula is C17H17N5O3. The van der Waals surface area contributed by atoms with Gasteiger partial charge in [0.1, 0.15) is 24.2 Å². The molecule has 1 unspecified atom stereocenters. The molecule has 0 bridgehead atoms. The highest BCUT2D eigenvalue weighted by Gasteiger charge is 2.14. The molecule has 0 radical (unpaired) electrons. The number of aliphatic hydroxyl groups excluding tert-OH is 1. The van der Waals surface area contributed by atoms with Crippen LogP contribution in [0.25, 0.3) is 11.5 Å². The molecule has 1 aromatic carbocycles. The second-order valence-electron chi connectivity index (χ2n) is 5.45. The maximum absolute atomic E-state index is 11.4. The van der Waals surface area contributed by atoms with Crippen LogP contribution in [0, 0.1) is 0 Å². The molecule has 0 saturated carbocycles. The molecule has 0 aliphatic carbocycles. The number of rotatable bonds is 7. The lowest BCUT2D eigenvalue weighted by Gasteiger charge is -2.13. The van der Waals surface area contributed by atoms with Crippen LogP contribution < -0.4 is 4.74 Å². The second-order valence-corrected chi connectivity index (χ2v) is 5.45. The third kappa shape index (κ3) is 4.24. The van der Waals surface area contributed by atoms with Crippen molar-refractivity contribution in [2.24, 2.45) is 0 Å². The number of nitrogens with zero attached hydrogens (tertiary/aromatic N) is 5. The summed E-state index contributed by atoms with van der Waals surface area (Å²) in [5.41, 5.74) is 1.18. The average molecular weight is 339 g/mol. The first-order chi connectivity index (χ1) is 12.1. The van der Waals surface area contributed by atoms with Crippen LogP contribution in [0.3, 0.4) is 0 Å². The molecule has 3 aromatic rings. The van der Waals surface area contributed by atoms with Gasteiger partial charge in [0.15, 0.2) is 5.78 Å². The predicted molar refractivity (Wildman–Crippen MR) is 89.0 cm³/mol. The Bertz CT molecular complexity index is 850. The third-order valence-corrected chi connectivity index (χ3v) is 3.49. The van der Waals surface area contributed by atoms with Gasteiger partial charge in [0.05, 0.1) is 6.54 Å². The van der Waals surface area contributed by atoms with Gasteiger partial charge in [-0.1, -0.05) is 18.2 Å². The Morgan fingerprint density at radius 3 is 2.92 bits per heavy atom. The minimum absolute atomic E-state index is 0.0420. The van der Waals surface area contributed by atoms with Gasteiger partial charge >= 0.3 is 0 Å². The lowest BCUT2D eigenvalue weighted by Crippen LogP contribution is -2.24. The lowest BCUT2D eigenvalue weighted by molar-refractivity contribution is 0.0891. The molecule has 2 aromatic heterocycles. The SMILES string of the molecule is CC(=O)c1cccc(OCC(O)Cn2nnnc2-c2ccccn2)c1. The van der Waals surface area contributed by atoms with E-state index >= 15 is 0 Å². The number of hydrogen-bond acceptors (Lipinski definition) is 7. The van der Waals surface area contributed by atoms with Crippen molar-refractivity contribution in [3.63, 3.8) is 0 Å². The van der Waals surface area contributed by atoms with Crippen LogP contribution in [0.2, 0.25) is 0 Å². The van der Waals surface area contributed by atoms with Gasteiger partial charge in [-0.15, -0.1) is 5.10 Å². The molecular weight excluding hydrogens is 322 g/mol. The number of carbonyl (C=O) groups is 1. The predicted octanol–water partition coefficient (Wildman–Crippen LogP) is 1.38. The lowest BCUT2D eigenvalue weighted by atomic mass is 10.1. The molecule has 0 aliphatic heterocycles. The number of ketones is 1. The average Bonchev–Trinajstić information content (AvgIpc) is 3.09. The van der Waals surface area contributed by atoms with E-state index in [0.29, 0.717) is 22.8 Å². The van der Waals surface area contributed by atoms with Gasteiger partial charge in [-0.2, -0.15) is 0 Å². The van der Waals surface area contributed by atoms with E-state index < -0.39 is 6.10 Å². The monoisotopic (exact) mass is 339 g/mol. The van der Waals surface area contributed by atoms with Crippen molar-refractivity contribution >= 4 is 5.78 Å². The summed E-state index contributed by atoms with van der Waals surface area (Å²) in [7, 11) is 0. The summed E-state index contributed by atoms with van der Waals surface area (Å²) in [6, 6.07) is 12.3. The fraction of sp³-hybridized carbons (Fsp3) is 0.235. The van der Waals surface area contributed by atoms with Crippen LogP contribution in [0.5, 0.6) is 5.75 Å². The number of aromatic nitrogens is 5. The van der Waals surface area contributed by atoms with Crippen LogP contribution in [0.4, 0.5) is 0 Å². The number of tetrazole rings is 1. The summed E-state index contributed by atoms with van der Waals surface area (Å²) in [5.74, 6) is 0.950. The van der Waals surface area contributed by atoms with Crippen molar-refractivity contribution in [1.82, 2.24) is 25.2 Å². The Hall–Kier alpha value is -3.13. The molecule has 128 valence electrons. The van der Waals surface area contributed by atoms with Crippen LogP contribution in [0.1, 0.15) is 17.3 Å². The number of carbonyl (C=O) groups excluding carboxylic acids is 1. The molecule has 2 heterocycles. The molecule has 1 atom stereocenters. The molecule has 25 heavy (non-hydrogen) atoms. The smallest absolute Gasteiger partial charge is 0.200 e. The van der Waals surface area contributed by atoms with Crippen molar-refractivity contribution in [3.8, 4) is 17.3 Å². The van der Waals surface area contributed by atoms with Gasteiger partial charge in [0.25, 0.3) is 0 Å². The molecule has 0 spiro atoms. The van der Waals surface area contributed by atoms with Crippen molar-refractivity contribution in [2.75, 3.05) is 6.61 Å². The fourth-order valence-corrected chi connectivity index (χ4v) is 2.26. The standard InChI is InChI=1S/C17H17N5O3/c1-12(23)13-5-4-6-15(9-13)25-11-14(24)10-22-17(19-20-21-22)16-7-2-3-8-18-16/h2-9,14,24H,10-11H2,1H3. The Balaban J connectivity index is 1.62. The Labute approximate surface area is 144 Å². The molecule has 3 rings (SSSR count). The molecule has 0 aliphatic rings. The first kappa shape index (κ1) is 16.7. The summed E-state index contributed by atoms with van der Waals surface area (Å²) in [5, 5.41) is 21.7. The summed E-state index contributed by atoms with van der Waals surface area (Å²) in [6.45, 7) is 1.69. The number of Topliss-reactive ketones (excluding diaryl/α,β-unsaturated/α-hetero) is 1. The minimum atomic E-state index is -0.827. The zero-order chi connectivity index (χ0) is 17.6. The van der Waals surface area contributed by atoms with Crippen LogP contribution in [-0.4, -0.2) is 48.8 Å². The second kappa shape index (κ2) is 7.63. The van der Waals surface area contributed by atoms with Crippen molar-refractivity contribution in [1.29, 1.82) is 0 Å². The van der Waals surface area contributed by atoms with Crippen molar-refractivity contribution in [2.45, 2.75) is 19.6 Å². The maximum Gasteiger partial charge on any atom is 0.200 e. The van der Waals surface area contributed by atoms with Gasteiger partial charge in [-0.3, -0.25) is 9.78 Å². The van der Waals surface area contributed by atoms with E-state index in [4.69, 9.17) is 4.74 Å². The van der Waals surface area contributed by atoms with E-state index in [1.807, 2.05) is 6.07 Å². The summed E-state index contributed by atoms with van der Waals surface area (Å²) >= 11 is 0. The van der Waals surface area contributed by atoms with E-state index in [-0.39, 0.29) is 18.9 Å². The molecule has 0 fully saturated rings. The summed E-state index contributed by atoms with van der Waals surface area (Å²) < 4.78 is 7.03. The largest absolute Gasteiger partial charge is 0.491 e. The zero-order valence-electron chi connectivity index (χ0n) is 13.6. The van der Waals surface area contributed by atoms with Gasteiger partial charge < -0.3 is 9.84 Å². The van der Waals surface area contributed by atoms with Gasteiger partial charge in [0, 0.05) is 11.8 Å². The highest BCUT2D eigenvalue weighted by Crippen LogP contribution is 2.15. The Morgan fingerprint density at radius 1 is 1.28 bits per heavy atom. The van der Waals surface area contributed by atoms with Crippen LogP contribution in [-0.2, 0) is 6.54 Å². The topological polar surface area (TPSA) is 103 Å². The first-order valence-corrected chi connectivity index (χ1v) is 7.73. The Morgan fingerprint density at radius 2 is 2.16 bits per heavy atom. The third-order valence-electron chi connectivity index (χ3n) is 3.49. The van der Waals surface area contributed by atoms with E-state index in [1.165, 1.54) is 11.6 Å². The molecule has 8 heteroatoms. The van der Waals surface area contributed by atoms with Crippen LogP contribution in [0.15, 0.2) is 48.7 Å². The van der Waals surface area contributed by atoms with E-state index in [2.05, 4.69) is 20.5 Å². The molecule has 8 nitrogen and oxygen atoms in total. The van der Waals surface area contributed by atoms with Crippen molar-refractivity contribution in [3.05, 3.63) is 54.2 Å². The molecule has 0 saturated heterocycles. The normalized spacial score (nSPS) is 11.9. The number of ether oxygens (including phenoxy) is 1. The number of benzene rings is 1. The number of hydrogen-bond donors (Lipinski definition) is 1. The molecule has 0 amide bonds. The maximum atomic E-state index is 11.4. The quantitative estimate of drug-likeness (QED) is 0.649. The summed E-state index contributed by atoms with van der Waals surface area (Å²) in [4.78, 5) is 15.6. The van der Waals surface area contributed by atoms with Crippen molar-refractivity contribution < 1.29 is 14.6 Å². The van der Waals surface area contributed by atoms with E-state index in [9.17, 15) is 9.90 Å². The highest BCUT2D eigenvalue weighted by molar-refractivity contribution is 5.94. The Kier molecular flexibility index (Phi) is 5.10. The number of pyridine rings is 1. The number of aliphatic hydroxyl groups is 1. The fourth-order valence-electron chi connectivity index (χ4n) is 2.26. The first-order valence-electron chi connectivity index (χ1n) is 7.73. The summed E-state index contributed by atoms with van der Waals surface area (Å²) in [6.07, 6.45) is 0.822. The van der Waals surface area contributed by atoms with E-state index in [1.54, 1.807) is 42.6 Å².